The zero-order valence-electron chi connectivity index (χ0n) is 11.4. The quantitative estimate of drug-likeness (QED) is 0.933. The number of benzene rings is 1. The smallest absolute Gasteiger partial charge is 0.306 e. The van der Waals surface area contributed by atoms with Crippen molar-refractivity contribution in [2.24, 2.45) is 5.92 Å². The van der Waals surface area contributed by atoms with Crippen LogP contribution in [-0.4, -0.2) is 25.3 Å². The van der Waals surface area contributed by atoms with Gasteiger partial charge < -0.3 is 19.0 Å². The Morgan fingerprint density at radius 3 is 2.80 bits per heavy atom. The molecule has 2 aromatic rings. The van der Waals surface area contributed by atoms with Crippen LogP contribution in [-0.2, 0) is 17.6 Å². The molecule has 0 amide bonds. The van der Waals surface area contributed by atoms with Crippen LogP contribution in [0.2, 0.25) is 0 Å². The van der Waals surface area contributed by atoms with Crippen LogP contribution < -0.4 is 9.47 Å². The van der Waals surface area contributed by atoms with Gasteiger partial charge in [-0.15, -0.1) is 0 Å². The zero-order chi connectivity index (χ0) is 14.3. The van der Waals surface area contributed by atoms with Gasteiger partial charge in [-0.25, -0.2) is 0 Å². The van der Waals surface area contributed by atoms with Crippen molar-refractivity contribution in [1.29, 1.82) is 0 Å². The summed E-state index contributed by atoms with van der Waals surface area (Å²) < 4.78 is 16.5. The topological polar surface area (TPSA) is 68.9 Å². The minimum Gasteiger partial charge on any atom is -0.496 e. The first-order valence-corrected chi connectivity index (χ1v) is 6.53. The molecule has 1 unspecified atom stereocenters. The lowest BCUT2D eigenvalue weighted by molar-refractivity contribution is -0.142. The molecule has 1 atom stereocenters. The summed E-state index contributed by atoms with van der Waals surface area (Å²) in [7, 11) is 3.19. The summed E-state index contributed by atoms with van der Waals surface area (Å²) in [6, 6.07) is 3.63. The number of carboxylic acids is 1. The van der Waals surface area contributed by atoms with Crippen molar-refractivity contribution in [2.45, 2.75) is 19.3 Å². The van der Waals surface area contributed by atoms with Crippen LogP contribution in [0.3, 0.4) is 0 Å². The van der Waals surface area contributed by atoms with E-state index >= 15 is 0 Å². The summed E-state index contributed by atoms with van der Waals surface area (Å²) in [4.78, 5) is 11.1. The number of ether oxygens (including phenoxy) is 2. The Bertz CT molecular complexity index is 670. The van der Waals surface area contributed by atoms with Gasteiger partial charge >= 0.3 is 5.97 Å². The summed E-state index contributed by atoms with van der Waals surface area (Å²) in [5.41, 5.74) is 1.76. The lowest BCUT2D eigenvalue weighted by Crippen LogP contribution is -2.21. The van der Waals surface area contributed by atoms with Crippen LogP contribution >= 0.6 is 0 Å². The Balaban J connectivity index is 2.15. The lowest BCUT2D eigenvalue weighted by atomic mass is 9.87. The number of hydrogen-bond donors (Lipinski definition) is 1. The fourth-order valence-corrected chi connectivity index (χ4v) is 2.84. The lowest BCUT2D eigenvalue weighted by Gasteiger charge is -2.17. The number of furan rings is 1. The number of aryl methyl sites for hydroxylation is 1. The van der Waals surface area contributed by atoms with Crippen molar-refractivity contribution in [1.82, 2.24) is 0 Å². The normalized spacial score (nSPS) is 17.8. The molecule has 1 aliphatic rings. The largest absolute Gasteiger partial charge is 0.496 e. The number of rotatable bonds is 3. The summed E-state index contributed by atoms with van der Waals surface area (Å²) in [5, 5.41) is 10.1. The van der Waals surface area contributed by atoms with Gasteiger partial charge in [-0.3, -0.25) is 4.79 Å². The second-order valence-corrected chi connectivity index (χ2v) is 4.98. The van der Waals surface area contributed by atoms with Gasteiger partial charge in [0.05, 0.1) is 25.5 Å². The molecule has 0 spiro atoms. The minimum absolute atomic E-state index is 0.365. The van der Waals surface area contributed by atoms with Crippen molar-refractivity contribution in [3.05, 3.63) is 23.5 Å². The standard InChI is InChI=1S/C15H16O5/c1-18-9-6-12(19-2)14-10-4-3-8(15(16)17)5-11(10)20-13(14)7-9/h6-8H,3-5H2,1-2H3,(H,16,17). The highest BCUT2D eigenvalue weighted by atomic mass is 16.5. The van der Waals surface area contributed by atoms with Crippen LogP contribution in [0.15, 0.2) is 16.5 Å². The summed E-state index contributed by atoms with van der Waals surface area (Å²) in [6.07, 6.45) is 1.76. The van der Waals surface area contributed by atoms with Crippen LogP contribution in [0.4, 0.5) is 0 Å². The summed E-state index contributed by atoms with van der Waals surface area (Å²) in [6.45, 7) is 0. The maximum atomic E-state index is 11.1. The van der Waals surface area contributed by atoms with Gasteiger partial charge in [0, 0.05) is 24.1 Å². The molecule has 0 saturated heterocycles. The summed E-state index contributed by atoms with van der Waals surface area (Å²) in [5.74, 6) is 0.996. The third-order valence-corrected chi connectivity index (χ3v) is 3.89. The highest BCUT2D eigenvalue weighted by molar-refractivity contribution is 5.90. The predicted molar refractivity (Wildman–Crippen MR) is 72.5 cm³/mol. The fourth-order valence-electron chi connectivity index (χ4n) is 2.84. The molecule has 0 radical (unpaired) electrons. The van der Waals surface area contributed by atoms with Crippen LogP contribution in [0.25, 0.3) is 11.0 Å². The average Bonchev–Trinajstić information content (AvgIpc) is 2.83. The Hall–Kier alpha value is -2.17. The molecule has 1 aromatic heterocycles. The number of methoxy groups -OCH3 is 2. The Labute approximate surface area is 116 Å². The first kappa shape index (κ1) is 12.8. The molecule has 1 N–H and O–H groups in total. The maximum Gasteiger partial charge on any atom is 0.306 e. The molecule has 1 aliphatic carbocycles. The van der Waals surface area contributed by atoms with Gasteiger partial charge in [-0.05, 0) is 12.8 Å². The summed E-state index contributed by atoms with van der Waals surface area (Å²) >= 11 is 0. The van der Waals surface area contributed by atoms with Crippen LogP contribution in [0, 0.1) is 5.92 Å². The highest BCUT2D eigenvalue weighted by Crippen LogP contribution is 2.41. The minimum atomic E-state index is -0.763. The first-order chi connectivity index (χ1) is 9.63. The van der Waals surface area contributed by atoms with Crippen molar-refractivity contribution < 1.29 is 23.8 Å². The fraction of sp³-hybridized carbons (Fsp3) is 0.400. The van der Waals surface area contributed by atoms with E-state index in [9.17, 15) is 4.79 Å². The van der Waals surface area contributed by atoms with E-state index in [0.717, 1.165) is 16.7 Å². The predicted octanol–water partition coefficient (Wildman–Crippen LogP) is 2.64. The number of aliphatic carboxylic acids is 1. The molecule has 0 saturated carbocycles. The van der Waals surface area contributed by atoms with E-state index in [1.807, 2.05) is 12.1 Å². The molecule has 0 bridgehead atoms. The SMILES string of the molecule is COc1cc(OC)c2c3c(oc2c1)CC(C(=O)O)CC3. The molecule has 5 heteroatoms. The van der Waals surface area contributed by atoms with Crippen molar-refractivity contribution in [3.63, 3.8) is 0 Å². The molecular weight excluding hydrogens is 260 g/mol. The molecule has 20 heavy (non-hydrogen) atoms. The number of carboxylic acid groups (broad SMARTS) is 1. The van der Waals surface area contributed by atoms with Gasteiger partial charge in [0.25, 0.3) is 0 Å². The van der Waals surface area contributed by atoms with Gasteiger partial charge in [-0.1, -0.05) is 0 Å². The first-order valence-electron chi connectivity index (χ1n) is 6.53. The van der Waals surface area contributed by atoms with Gasteiger partial charge in [0.15, 0.2) is 0 Å². The second kappa shape index (κ2) is 4.74. The molecule has 3 rings (SSSR count). The van der Waals surface area contributed by atoms with E-state index in [0.29, 0.717) is 36.3 Å². The Kier molecular flexibility index (Phi) is 3.04. The van der Waals surface area contributed by atoms with Gasteiger partial charge in [0.2, 0.25) is 0 Å². The van der Waals surface area contributed by atoms with Crippen molar-refractivity contribution in [3.8, 4) is 11.5 Å². The molecule has 0 aliphatic heterocycles. The van der Waals surface area contributed by atoms with E-state index in [2.05, 4.69) is 0 Å². The Morgan fingerprint density at radius 2 is 2.15 bits per heavy atom. The molecule has 0 fully saturated rings. The van der Waals surface area contributed by atoms with Crippen LogP contribution in [0.5, 0.6) is 11.5 Å². The molecule has 1 aromatic carbocycles. The number of carbonyl (C=O) groups is 1. The van der Waals surface area contributed by atoms with E-state index < -0.39 is 5.97 Å². The highest BCUT2D eigenvalue weighted by Gasteiger charge is 2.30. The second-order valence-electron chi connectivity index (χ2n) is 4.98. The third-order valence-electron chi connectivity index (χ3n) is 3.89. The molecule has 1 heterocycles. The number of fused-ring (bicyclic) bond motifs is 3. The van der Waals surface area contributed by atoms with Crippen LogP contribution in [0.1, 0.15) is 17.7 Å². The molecular formula is C15H16O5. The van der Waals surface area contributed by atoms with E-state index in [-0.39, 0.29) is 5.92 Å². The van der Waals surface area contributed by atoms with E-state index in [1.54, 1.807) is 14.2 Å². The van der Waals surface area contributed by atoms with Gasteiger partial charge in [0.1, 0.15) is 22.8 Å². The maximum absolute atomic E-state index is 11.1. The van der Waals surface area contributed by atoms with E-state index in [4.69, 9.17) is 19.0 Å². The zero-order valence-corrected chi connectivity index (χ0v) is 11.4. The molecule has 106 valence electrons. The van der Waals surface area contributed by atoms with Crippen molar-refractivity contribution in [2.75, 3.05) is 14.2 Å². The monoisotopic (exact) mass is 276 g/mol. The Morgan fingerprint density at radius 1 is 1.35 bits per heavy atom. The molecule has 5 nitrogen and oxygen atoms in total. The van der Waals surface area contributed by atoms with Gasteiger partial charge in [-0.2, -0.15) is 0 Å². The van der Waals surface area contributed by atoms with Crippen molar-refractivity contribution >= 4 is 16.9 Å². The number of hydrogen-bond acceptors (Lipinski definition) is 4. The third kappa shape index (κ3) is 1.90. The van der Waals surface area contributed by atoms with E-state index in [1.165, 1.54) is 0 Å². The average molecular weight is 276 g/mol.